The van der Waals surface area contributed by atoms with Gasteiger partial charge in [-0.25, -0.2) is 4.98 Å². The number of likely N-dealkylation sites (tertiary alicyclic amines) is 1. The maximum atomic E-state index is 11.1. The lowest BCUT2D eigenvalue weighted by molar-refractivity contribution is 0.125. The van der Waals surface area contributed by atoms with E-state index >= 15 is 0 Å². The van der Waals surface area contributed by atoms with Crippen molar-refractivity contribution >= 4 is 45.3 Å². The maximum Gasteiger partial charge on any atom is 0.207 e. The normalized spacial score (nSPS) is 17.9. The number of hydrogen-bond acceptors (Lipinski definition) is 7. The third kappa shape index (κ3) is 5.18. The van der Waals surface area contributed by atoms with E-state index in [0.717, 1.165) is 77.6 Å². The summed E-state index contributed by atoms with van der Waals surface area (Å²) in [6, 6.07) is 11.8. The fourth-order valence-corrected chi connectivity index (χ4v) is 6.85. The van der Waals surface area contributed by atoms with Gasteiger partial charge in [-0.2, -0.15) is 4.37 Å². The molecule has 1 aromatic heterocycles. The fourth-order valence-electron chi connectivity index (χ4n) is 5.73. The Balaban J connectivity index is 1.49. The lowest BCUT2D eigenvalue weighted by atomic mass is 9.74. The van der Waals surface area contributed by atoms with Gasteiger partial charge in [0.2, 0.25) is 5.13 Å². The Morgan fingerprint density at radius 1 is 1.05 bits per heavy atom. The van der Waals surface area contributed by atoms with E-state index in [2.05, 4.69) is 73.2 Å². The van der Waals surface area contributed by atoms with Crippen LogP contribution in [-0.4, -0.2) is 45.5 Å². The van der Waals surface area contributed by atoms with Gasteiger partial charge in [0.1, 0.15) is 11.6 Å². The second kappa shape index (κ2) is 9.44. The number of phenols is 1. The molecule has 6 nitrogen and oxygen atoms in total. The lowest BCUT2D eigenvalue weighted by Gasteiger charge is -2.42. The number of halogens is 1. The minimum Gasteiger partial charge on any atom is -0.506 e. The largest absolute Gasteiger partial charge is 0.506 e. The third-order valence-corrected chi connectivity index (χ3v) is 8.36. The molecule has 0 bridgehead atoms. The van der Waals surface area contributed by atoms with Crippen LogP contribution in [0.25, 0.3) is 0 Å². The molecule has 2 aliphatic rings. The second-order valence-corrected chi connectivity index (χ2v) is 14.0. The molecule has 0 saturated carbocycles. The van der Waals surface area contributed by atoms with Gasteiger partial charge in [0, 0.05) is 46.0 Å². The molecule has 5 rings (SSSR count). The summed E-state index contributed by atoms with van der Waals surface area (Å²) in [6.45, 7) is 17.2. The van der Waals surface area contributed by atoms with Crippen molar-refractivity contribution in [1.29, 1.82) is 0 Å². The molecule has 2 aliphatic heterocycles. The van der Waals surface area contributed by atoms with E-state index in [1.54, 1.807) is 6.07 Å². The minimum atomic E-state index is -0.111. The topological polar surface area (TPSA) is 64.5 Å². The second-order valence-electron chi connectivity index (χ2n) is 12.8. The van der Waals surface area contributed by atoms with E-state index in [-0.39, 0.29) is 22.0 Å². The van der Waals surface area contributed by atoms with Crippen LogP contribution in [0.3, 0.4) is 0 Å². The molecule has 1 fully saturated rings. The summed E-state index contributed by atoms with van der Waals surface area (Å²) < 4.78 is 4.57. The number of rotatable bonds is 4. The van der Waals surface area contributed by atoms with Gasteiger partial charge in [0.05, 0.1) is 17.1 Å². The van der Waals surface area contributed by atoms with Crippen LogP contribution in [0.15, 0.2) is 36.4 Å². The quantitative estimate of drug-likeness (QED) is 0.358. The summed E-state index contributed by atoms with van der Waals surface area (Å²) in [5, 5.41) is 16.1. The molecule has 198 valence electrons. The Morgan fingerprint density at radius 2 is 1.76 bits per heavy atom. The predicted molar refractivity (Wildman–Crippen MR) is 155 cm³/mol. The van der Waals surface area contributed by atoms with Crippen LogP contribution in [0.2, 0.25) is 5.02 Å². The third-order valence-electron chi connectivity index (χ3n) is 7.41. The van der Waals surface area contributed by atoms with Crippen LogP contribution in [0.4, 0.5) is 22.2 Å². The van der Waals surface area contributed by atoms with Crippen molar-refractivity contribution in [2.45, 2.75) is 65.2 Å². The molecule has 8 heteroatoms. The Kier molecular flexibility index (Phi) is 6.70. The molecular weight excluding hydrogens is 502 g/mol. The summed E-state index contributed by atoms with van der Waals surface area (Å²) in [5.74, 6) is 1.10. The Hall–Kier alpha value is -2.35. The zero-order chi connectivity index (χ0) is 26.6. The Bertz CT molecular complexity index is 1280. The molecule has 3 heterocycles. The highest BCUT2D eigenvalue weighted by Crippen LogP contribution is 2.56. The van der Waals surface area contributed by atoms with Crippen LogP contribution >= 0.6 is 23.1 Å². The SMILES string of the molecule is CC(C)(C)CN1CCC2(CC1)CN(c1ccccc1Nc1nc(C(C)(C)C)ns1)c1c(O)ccc(Cl)c12. The number of fused-ring (bicyclic) bond motifs is 2. The number of aromatic nitrogens is 2. The van der Waals surface area contributed by atoms with Crippen LogP contribution in [0, 0.1) is 5.41 Å². The number of nitrogens with zero attached hydrogens (tertiary/aromatic N) is 4. The molecule has 0 radical (unpaired) electrons. The first-order chi connectivity index (χ1) is 17.4. The van der Waals surface area contributed by atoms with Gasteiger partial charge >= 0.3 is 0 Å². The van der Waals surface area contributed by atoms with Crippen molar-refractivity contribution in [3.8, 4) is 5.75 Å². The fraction of sp³-hybridized carbons (Fsp3) is 0.517. The summed E-state index contributed by atoms with van der Waals surface area (Å²) in [6.07, 6.45) is 2.02. The molecule has 37 heavy (non-hydrogen) atoms. The summed E-state index contributed by atoms with van der Waals surface area (Å²) in [7, 11) is 0. The number of aromatic hydroxyl groups is 1. The van der Waals surface area contributed by atoms with E-state index in [1.165, 1.54) is 11.5 Å². The van der Waals surface area contributed by atoms with Crippen LogP contribution in [0.5, 0.6) is 5.75 Å². The molecule has 1 saturated heterocycles. The molecule has 2 N–H and O–H groups in total. The average molecular weight is 540 g/mol. The van der Waals surface area contributed by atoms with Crippen molar-refractivity contribution in [1.82, 2.24) is 14.3 Å². The predicted octanol–water partition coefficient (Wildman–Crippen LogP) is 7.47. The van der Waals surface area contributed by atoms with Crippen molar-refractivity contribution < 1.29 is 5.11 Å². The summed E-state index contributed by atoms with van der Waals surface area (Å²) in [4.78, 5) is 9.57. The summed E-state index contributed by atoms with van der Waals surface area (Å²) >= 11 is 8.26. The minimum absolute atomic E-state index is 0.102. The molecule has 0 atom stereocenters. The van der Waals surface area contributed by atoms with E-state index < -0.39 is 0 Å². The molecule has 1 spiro atoms. The highest BCUT2D eigenvalue weighted by Gasteiger charge is 2.48. The molecule has 0 amide bonds. The summed E-state index contributed by atoms with van der Waals surface area (Å²) in [5.41, 5.74) is 3.91. The van der Waals surface area contributed by atoms with Gasteiger partial charge in [0.25, 0.3) is 0 Å². The van der Waals surface area contributed by atoms with Crippen molar-refractivity contribution in [2.24, 2.45) is 5.41 Å². The zero-order valence-corrected chi connectivity index (χ0v) is 24.3. The first-order valence-corrected chi connectivity index (χ1v) is 14.2. The van der Waals surface area contributed by atoms with Crippen molar-refractivity contribution in [3.05, 3.63) is 52.8 Å². The Morgan fingerprint density at radius 3 is 2.41 bits per heavy atom. The van der Waals surface area contributed by atoms with Gasteiger partial charge in [-0.05, 0) is 55.6 Å². The number of anilines is 4. The number of nitrogens with one attached hydrogen (secondary N) is 1. The van der Waals surface area contributed by atoms with Crippen LogP contribution in [-0.2, 0) is 10.8 Å². The number of phenolic OH excluding ortho intramolecular Hbond substituents is 1. The standard InChI is InChI=1S/C29H38ClN5OS/c1-27(2,3)17-34-15-13-29(14-16-34)18-35(24-22(36)12-11-19(30)23(24)29)21-10-8-7-9-20(21)31-26-32-25(33-37-26)28(4,5)6/h7-12,36H,13-18H2,1-6H3,(H,31,32,33). The van der Waals surface area contributed by atoms with E-state index in [1.807, 2.05) is 18.2 Å². The van der Waals surface area contributed by atoms with E-state index in [9.17, 15) is 5.11 Å². The smallest absolute Gasteiger partial charge is 0.207 e. The number of piperidine rings is 1. The highest BCUT2D eigenvalue weighted by atomic mass is 35.5. The van der Waals surface area contributed by atoms with Gasteiger partial charge < -0.3 is 20.2 Å². The number of hydrogen-bond donors (Lipinski definition) is 2. The first-order valence-electron chi connectivity index (χ1n) is 13.1. The number of benzene rings is 2. The van der Waals surface area contributed by atoms with Gasteiger partial charge in [-0.1, -0.05) is 65.3 Å². The van der Waals surface area contributed by atoms with Gasteiger partial charge in [-0.15, -0.1) is 0 Å². The molecule has 0 aliphatic carbocycles. The molecule has 2 aromatic carbocycles. The van der Waals surface area contributed by atoms with Gasteiger partial charge in [-0.3, -0.25) is 0 Å². The molecule has 3 aromatic rings. The lowest BCUT2D eigenvalue weighted by Crippen LogP contribution is -2.46. The van der Waals surface area contributed by atoms with E-state index in [4.69, 9.17) is 16.6 Å². The van der Waals surface area contributed by atoms with Crippen molar-refractivity contribution in [2.75, 3.05) is 36.4 Å². The average Bonchev–Trinajstić information content (AvgIpc) is 3.42. The monoisotopic (exact) mass is 539 g/mol. The molecule has 0 unspecified atom stereocenters. The van der Waals surface area contributed by atoms with Gasteiger partial charge in [0.15, 0.2) is 0 Å². The maximum absolute atomic E-state index is 11.1. The zero-order valence-electron chi connectivity index (χ0n) is 22.7. The molecular formula is C29H38ClN5OS. The first kappa shape index (κ1) is 26.3. The highest BCUT2D eigenvalue weighted by molar-refractivity contribution is 7.09. The van der Waals surface area contributed by atoms with E-state index in [0.29, 0.717) is 0 Å². The van der Waals surface area contributed by atoms with Crippen molar-refractivity contribution in [3.63, 3.8) is 0 Å². The van der Waals surface area contributed by atoms with Crippen LogP contribution in [0.1, 0.15) is 65.8 Å². The Labute approximate surface area is 229 Å². The van der Waals surface area contributed by atoms with Crippen LogP contribution < -0.4 is 10.2 Å². The number of para-hydroxylation sites is 2.